The monoisotopic (exact) mass is 800 g/mol. The Balaban J connectivity index is 1.01. The molecule has 60 heavy (non-hydrogen) atoms. The molecular formula is C54H32N4S2. The summed E-state index contributed by atoms with van der Waals surface area (Å²) < 4.78 is 5.08. The fourth-order valence-electron chi connectivity index (χ4n) is 8.44. The maximum Gasteiger partial charge on any atom is 0.164 e. The second-order valence-electron chi connectivity index (χ2n) is 14.9. The van der Waals surface area contributed by atoms with E-state index in [-0.39, 0.29) is 0 Å². The van der Waals surface area contributed by atoms with E-state index < -0.39 is 0 Å². The quantitative estimate of drug-likeness (QED) is 0.168. The van der Waals surface area contributed by atoms with Crippen LogP contribution in [-0.2, 0) is 0 Å². The molecule has 4 aromatic heterocycles. The third-order valence-corrected chi connectivity index (χ3v) is 13.8. The van der Waals surface area contributed by atoms with Gasteiger partial charge < -0.3 is 0 Å². The van der Waals surface area contributed by atoms with Crippen molar-refractivity contribution >= 4 is 73.9 Å². The maximum atomic E-state index is 5.64. The number of hydrogen-bond donors (Lipinski definition) is 0. The maximum absolute atomic E-state index is 5.64. The highest BCUT2D eigenvalue weighted by Gasteiger charge is 2.21. The van der Waals surface area contributed by atoms with E-state index in [0.717, 1.165) is 44.6 Å². The molecule has 6 heteroatoms. The average molecular weight is 801 g/mol. The molecule has 0 fully saturated rings. The number of fused-ring (bicyclic) bond motifs is 8. The molecule has 4 nitrogen and oxygen atoms in total. The van der Waals surface area contributed by atoms with Crippen LogP contribution in [0.25, 0.3) is 119 Å². The minimum Gasteiger partial charge on any atom is -0.246 e. The highest BCUT2D eigenvalue weighted by molar-refractivity contribution is 7.27. The molecule has 12 rings (SSSR count). The van der Waals surface area contributed by atoms with E-state index in [2.05, 4.69) is 158 Å². The van der Waals surface area contributed by atoms with Gasteiger partial charge in [0.15, 0.2) is 17.5 Å². The van der Waals surface area contributed by atoms with Gasteiger partial charge in [0.25, 0.3) is 0 Å². The van der Waals surface area contributed by atoms with E-state index in [1.807, 2.05) is 59.1 Å². The number of benzene rings is 8. The van der Waals surface area contributed by atoms with Crippen LogP contribution in [0, 0.1) is 0 Å². The summed E-state index contributed by atoms with van der Waals surface area (Å²) in [6, 6.07) is 68.3. The van der Waals surface area contributed by atoms with E-state index in [4.69, 9.17) is 19.9 Å². The van der Waals surface area contributed by atoms with E-state index in [9.17, 15) is 0 Å². The molecule has 8 aromatic carbocycles. The molecule has 0 atom stereocenters. The molecule has 0 unspecified atom stereocenters. The lowest BCUT2D eigenvalue weighted by molar-refractivity contribution is 1.07. The van der Waals surface area contributed by atoms with Crippen LogP contribution >= 0.6 is 22.7 Å². The third kappa shape index (κ3) is 5.80. The summed E-state index contributed by atoms with van der Waals surface area (Å²) in [4.78, 5) is 20.7. The van der Waals surface area contributed by atoms with Gasteiger partial charge in [0.2, 0.25) is 0 Å². The molecule has 280 valence electrons. The van der Waals surface area contributed by atoms with Crippen molar-refractivity contribution in [3.8, 4) is 67.7 Å². The molecular weight excluding hydrogens is 769 g/mol. The van der Waals surface area contributed by atoms with Crippen molar-refractivity contribution in [2.45, 2.75) is 0 Å². The number of rotatable bonds is 6. The Bertz CT molecular complexity index is 3580. The minimum atomic E-state index is 0.619. The predicted molar refractivity (Wildman–Crippen MR) is 254 cm³/mol. The summed E-state index contributed by atoms with van der Waals surface area (Å²) in [6.45, 7) is 0. The summed E-state index contributed by atoms with van der Waals surface area (Å²) in [7, 11) is 0. The molecule has 12 aromatic rings. The molecule has 0 saturated heterocycles. The van der Waals surface area contributed by atoms with Crippen LogP contribution in [0.3, 0.4) is 0 Å². The third-order valence-electron chi connectivity index (χ3n) is 11.4. The van der Waals surface area contributed by atoms with Crippen molar-refractivity contribution < 1.29 is 0 Å². The Kier molecular flexibility index (Phi) is 8.18. The molecule has 0 amide bonds. The van der Waals surface area contributed by atoms with Gasteiger partial charge in [-0.3, -0.25) is 0 Å². The topological polar surface area (TPSA) is 51.6 Å². The summed E-state index contributed by atoms with van der Waals surface area (Å²) >= 11 is 3.70. The van der Waals surface area contributed by atoms with Crippen molar-refractivity contribution in [1.82, 2.24) is 19.9 Å². The lowest BCUT2D eigenvalue weighted by Gasteiger charge is -2.13. The highest BCUT2D eigenvalue weighted by Crippen LogP contribution is 2.47. The number of aromatic nitrogens is 4. The first-order valence-electron chi connectivity index (χ1n) is 20.0. The molecule has 0 spiro atoms. The Labute approximate surface area is 353 Å². The van der Waals surface area contributed by atoms with Crippen LogP contribution in [-0.4, -0.2) is 19.9 Å². The second kappa shape index (κ2) is 14.2. The van der Waals surface area contributed by atoms with Crippen LogP contribution in [0.15, 0.2) is 194 Å². The first-order chi connectivity index (χ1) is 29.7. The Morgan fingerprint density at radius 2 is 0.733 bits per heavy atom. The average Bonchev–Trinajstić information content (AvgIpc) is 3.91. The molecule has 0 aliphatic rings. The zero-order valence-corrected chi connectivity index (χ0v) is 33.7. The van der Waals surface area contributed by atoms with Gasteiger partial charge >= 0.3 is 0 Å². The Hall–Kier alpha value is -7.38. The van der Waals surface area contributed by atoms with E-state index in [1.54, 1.807) is 0 Å². The van der Waals surface area contributed by atoms with Crippen LogP contribution in [0.1, 0.15) is 0 Å². The van der Waals surface area contributed by atoms with Gasteiger partial charge in [0, 0.05) is 79.1 Å². The molecule has 4 heterocycles. The number of pyridine rings is 1. The van der Waals surface area contributed by atoms with Gasteiger partial charge in [0.05, 0.1) is 11.2 Å². The Morgan fingerprint density at radius 3 is 1.40 bits per heavy atom. The fraction of sp³-hybridized carbons (Fsp3) is 0. The SMILES string of the molecule is c1ccc(-c2ccc(-c3nc(-c4ccccc4)nc(-c4ccc(-c5nc6c(-c7cccc8c7sc7ccccc78)cccc6c6sc7ccccc7c56)cc4)n3)cc2)cc1. The fourth-order valence-corrected chi connectivity index (χ4v) is 10.9. The first-order valence-corrected chi connectivity index (χ1v) is 21.6. The summed E-state index contributed by atoms with van der Waals surface area (Å²) in [5.41, 5.74) is 10.5. The molecule has 0 aliphatic heterocycles. The van der Waals surface area contributed by atoms with Crippen molar-refractivity contribution in [3.05, 3.63) is 194 Å². The largest absolute Gasteiger partial charge is 0.246 e. The van der Waals surface area contributed by atoms with Crippen molar-refractivity contribution in [2.75, 3.05) is 0 Å². The van der Waals surface area contributed by atoms with Gasteiger partial charge in [-0.1, -0.05) is 182 Å². The van der Waals surface area contributed by atoms with Crippen LogP contribution in [0.5, 0.6) is 0 Å². The highest BCUT2D eigenvalue weighted by atomic mass is 32.1. The summed E-state index contributed by atoms with van der Waals surface area (Å²) in [5.74, 6) is 1.89. The van der Waals surface area contributed by atoms with Crippen molar-refractivity contribution in [1.29, 1.82) is 0 Å². The van der Waals surface area contributed by atoms with Gasteiger partial charge in [-0.25, -0.2) is 19.9 Å². The van der Waals surface area contributed by atoms with E-state index >= 15 is 0 Å². The molecule has 0 aliphatic carbocycles. The zero-order chi connectivity index (χ0) is 39.6. The minimum absolute atomic E-state index is 0.619. The molecule has 0 saturated carbocycles. The number of hydrogen-bond acceptors (Lipinski definition) is 6. The van der Waals surface area contributed by atoms with Gasteiger partial charge in [-0.15, -0.1) is 22.7 Å². The smallest absolute Gasteiger partial charge is 0.164 e. The predicted octanol–water partition coefficient (Wildman–Crippen LogP) is 15.2. The normalized spacial score (nSPS) is 11.7. The summed E-state index contributed by atoms with van der Waals surface area (Å²) in [6.07, 6.45) is 0. The number of thiophene rings is 2. The Morgan fingerprint density at radius 1 is 0.283 bits per heavy atom. The van der Waals surface area contributed by atoms with E-state index in [0.29, 0.717) is 17.5 Å². The molecule has 0 N–H and O–H groups in total. The lowest BCUT2D eigenvalue weighted by atomic mass is 9.97. The van der Waals surface area contributed by atoms with Crippen LogP contribution in [0.4, 0.5) is 0 Å². The summed E-state index contributed by atoms with van der Waals surface area (Å²) in [5, 5.41) is 6.15. The number of nitrogens with zero attached hydrogens (tertiary/aromatic N) is 4. The van der Waals surface area contributed by atoms with Gasteiger partial charge in [0.1, 0.15) is 0 Å². The van der Waals surface area contributed by atoms with E-state index in [1.165, 1.54) is 56.9 Å². The van der Waals surface area contributed by atoms with Gasteiger partial charge in [-0.2, -0.15) is 0 Å². The van der Waals surface area contributed by atoms with Crippen LogP contribution in [0.2, 0.25) is 0 Å². The molecule has 0 bridgehead atoms. The second-order valence-corrected chi connectivity index (χ2v) is 17.0. The van der Waals surface area contributed by atoms with Crippen molar-refractivity contribution in [3.63, 3.8) is 0 Å². The standard InChI is InChI=1S/C54H32N4S2/c1-3-13-33(14-4-1)34-25-29-37(30-26-34)53-56-52(36-15-5-2-6-16-36)57-54(58-53)38-31-27-35(28-32-38)48-47-43-18-8-10-24-46(43)60-51(47)44-22-11-19-40(49(44)55-48)42-21-12-20-41-39-17-7-9-23-45(39)59-50(41)42/h1-32H. The number of para-hydroxylation sites is 1. The lowest BCUT2D eigenvalue weighted by Crippen LogP contribution is -2.00. The molecule has 0 radical (unpaired) electrons. The zero-order valence-electron chi connectivity index (χ0n) is 32.1. The van der Waals surface area contributed by atoms with Crippen molar-refractivity contribution in [2.24, 2.45) is 0 Å². The van der Waals surface area contributed by atoms with Crippen LogP contribution < -0.4 is 0 Å². The van der Waals surface area contributed by atoms with Gasteiger partial charge in [-0.05, 0) is 23.3 Å². The first kappa shape index (κ1) is 34.6.